The molecule has 0 spiro atoms. The van der Waals surface area contributed by atoms with Gasteiger partial charge in [-0.15, -0.1) is 0 Å². The molecular weight excluding hydrogens is 355 g/mol. The molecule has 0 saturated carbocycles. The molecule has 0 fully saturated rings. The molecular formula is C20H22F3N3O. The minimum absolute atomic E-state index is 0.215. The van der Waals surface area contributed by atoms with Crippen molar-refractivity contribution in [2.45, 2.75) is 39.4 Å². The molecule has 7 heteroatoms. The van der Waals surface area contributed by atoms with E-state index in [0.717, 1.165) is 17.2 Å². The molecule has 0 radical (unpaired) electrons. The first-order valence-electron chi connectivity index (χ1n) is 8.47. The zero-order valence-electron chi connectivity index (χ0n) is 15.4. The van der Waals surface area contributed by atoms with Crippen LogP contribution in [0.4, 0.5) is 18.9 Å². The fraction of sp³-hybridized carbons (Fsp3) is 0.300. The van der Waals surface area contributed by atoms with Gasteiger partial charge in [-0.25, -0.2) is 4.98 Å². The van der Waals surface area contributed by atoms with E-state index in [4.69, 9.17) is 5.73 Å². The fourth-order valence-corrected chi connectivity index (χ4v) is 2.51. The Morgan fingerprint density at radius 3 is 2.56 bits per heavy atom. The van der Waals surface area contributed by atoms with Crippen molar-refractivity contribution in [3.05, 3.63) is 64.5 Å². The smallest absolute Gasteiger partial charge is 0.399 e. The summed E-state index contributed by atoms with van der Waals surface area (Å²) in [6.07, 6.45) is -1.73. The zero-order chi connectivity index (χ0) is 20.2. The van der Waals surface area contributed by atoms with Crippen molar-refractivity contribution < 1.29 is 18.0 Å². The lowest BCUT2D eigenvalue weighted by Crippen LogP contribution is -2.20. The van der Waals surface area contributed by atoms with Crippen molar-refractivity contribution in [3.63, 3.8) is 0 Å². The van der Waals surface area contributed by atoms with E-state index < -0.39 is 11.9 Å². The number of anilines is 1. The quantitative estimate of drug-likeness (QED) is 0.598. The van der Waals surface area contributed by atoms with Crippen LogP contribution in [-0.2, 0) is 17.5 Å². The van der Waals surface area contributed by atoms with Crippen molar-refractivity contribution in [1.29, 1.82) is 0 Å². The zero-order valence-corrected chi connectivity index (χ0v) is 15.4. The van der Waals surface area contributed by atoms with Gasteiger partial charge in [0, 0.05) is 18.3 Å². The van der Waals surface area contributed by atoms with Crippen LogP contribution in [0, 0.1) is 6.92 Å². The minimum Gasteiger partial charge on any atom is -0.399 e. The lowest BCUT2D eigenvalue weighted by atomic mass is 10.0. The molecule has 0 aliphatic carbocycles. The summed E-state index contributed by atoms with van der Waals surface area (Å²) in [5, 5.41) is 2.73. The number of rotatable bonds is 5. The first-order chi connectivity index (χ1) is 12.6. The Morgan fingerprint density at radius 2 is 1.96 bits per heavy atom. The molecule has 0 aliphatic heterocycles. The maximum Gasteiger partial charge on any atom is 0.433 e. The molecule has 0 aliphatic rings. The van der Waals surface area contributed by atoms with Crippen LogP contribution in [0.15, 0.2) is 36.4 Å². The van der Waals surface area contributed by atoms with E-state index in [1.165, 1.54) is 18.2 Å². The van der Waals surface area contributed by atoms with E-state index in [-0.39, 0.29) is 11.8 Å². The second-order valence-corrected chi connectivity index (χ2v) is 6.57. The summed E-state index contributed by atoms with van der Waals surface area (Å²) in [6, 6.07) is 7.73. The molecule has 1 heterocycles. The number of nitrogen functional groups attached to an aromatic ring is 1. The van der Waals surface area contributed by atoms with Crippen LogP contribution in [-0.4, -0.2) is 10.9 Å². The Balaban J connectivity index is 2.09. The van der Waals surface area contributed by atoms with E-state index >= 15 is 0 Å². The Bertz CT molecular complexity index is 858. The van der Waals surface area contributed by atoms with Gasteiger partial charge in [-0.2, -0.15) is 13.2 Å². The van der Waals surface area contributed by atoms with Crippen LogP contribution in [0.5, 0.6) is 0 Å². The normalized spacial score (nSPS) is 12.0. The Morgan fingerprint density at radius 1 is 1.26 bits per heavy atom. The molecule has 3 N–H and O–H groups in total. The number of hydrogen-bond acceptors (Lipinski definition) is 3. The van der Waals surface area contributed by atoms with Gasteiger partial charge in [-0.05, 0) is 47.7 Å². The van der Waals surface area contributed by atoms with E-state index in [0.29, 0.717) is 23.5 Å². The van der Waals surface area contributed by atoms with Gasteiger partial charge in [0.15, 0.2) is 0 Å². The largest absolute Gasteiger partial charge is 0.433 e. The Hall–Kier alpha value is -2.83. The van der Waals surface area contributed by atoms with Gasteiger partial charge in [0.1, 0.15) is 5.69 Å². The average molecular weight is 377 g/mol. The molecule has 27 heavy (non-hydrogen) atoms. The summed E-state index contributed by atoms with van der Waals surface area (Å²) >= 11 is 0. The van der Waals surface area contributed by atoms with Crippen molar-refractivity contribution >= 4 is 17.7 Å². The highest BCUT2D eigenvalue weighted by Gasteiger charge is 2.33. The van der Waals surface area contributed by atoms with Gasteiger partial charge >= 0.3 is 6.18 Å². The van der Waals surface area contributed by atoms with Crippen molar-refractivity contribution in [2.24, 2.45) is 0 Å². The van der Waals surface area contributed by atoms with Gasteiger partial charge < -0.3 is 11.1 Å². The van der Waals surface area contributed by atoms with Gasteiger partial charge in [0.2, 0.25) is 5.91 Å². The number of benzene rings is 1. The standard InChI is InChI=1S/C20H22F3N3O/c1-12(2)19-15(5-8-17(26-19)20(21,22)23)6-9-18(27)25-11-14-4-7-16(24)13(3)10-14/h4-10,12H,11,24H2,1-3H3,(H,25,27)/b9-6+. The Kier molecular flexibility index (Phi) is 6.25. The van der Waals surface area contributed by atoms with E-state index in [1.807, 2.05) is 19.1 Å². The molecule has 144 valence electrons. The maximum atomic E-state index is 12.8. The monoisotopic (exact) mass is 377 g/mol. The third-order valence-electron chi connectivity index (χ3n) is 4.01. The SMILES string of the molecule is Cc1cc(CNC(=O)/C=C/c2ccc(C(F)(F)F)nc2C(C)C)ccc1N. The summed E-state index contributed by atoms with van der Waals surface area (Å²) < 4.78 is 38.5. The molecule has 2 aromatic rings. The molecule has 0 atom stereocenters. The van der Waals surface area contributed by atoms with Gasteiger partial charge in [0.05, 0.1) is 5.69 Å². The highest BCUT2D eigenvalue weighted by Crippen LogP contribution is 2.30. The average Bonchev–Trinajstić information content (AvgIpc) is 2.59. The summed E-state index contributed by atoms with van der Waals surface area (Å²) in [4.78, 5) is 15.7. The number of aryl methyl sites for hydroxylation is 1. The summed E-state index contributed by atoms with van der Waals surface area (Å²) in [7, 11) is 0. The molecule has 1 amide bonds. The molecule has 4 nitrogen and oxygen atoms in total. The topological polar surface area (TPSA) is 68.0 Å². The van der Waals surface area contributed by atoms with Gasteiger partial charge in [-0.1, -0.05) is 32.0 Å². The Labute approximate surface area is 156 Å². The van der Waals surface area contributed by atoms with Crippen LogP contribution in [0.1, 0.15) is 47.8 Å². The van der Waals surface area contributed by atoms with Crippen LogP contribution in [0.2, 0.25) is 0 Å². The number of alkyl halides is 3. The van der Waals surface area contributed by atoms with Gasteiger partial charge in [0.25, 0.3) is 0 Å². The highest BCUT2D eigenvalue weighted by molar-refractivity contribution is 5.91. The van der Waals surface area contributed by atoms with Crippen LogP contribution in [0.25, 0.3) is 6.08 Å². The number of pyridine rings is 1. The number of nitrogens with two attached hydrogens (primary N) is 1. The van der Waals surface area contributed by atoms with Gasteiger partial charge in [-0.3, -0.25) is 4.79 Å². The molecule has 0 unspecified atom stereocenters. The molecule has 1 aromatic carbocycles. The molecule has 1 aromatic heterocycles. The number of halogens is 3. The third-order valence-corrected chi connectivity index (χ3v) is 4.01. The third kappa shape index (κ3) is 5.57. The highest BCUT2D eigenvalue weighted by atomic mass is 19.4. The number of nitrogens with one attached hydrogen (secondary N) is 1. The number of aromatic nitrogens is 1. The summed E-state index contributed by atoms with van der Waals surface area (Å²) in [6.45, 7) is 5.71. The van der Waals surface area contributed by atoms with Crippen LogP contribution >= 0.6 is 0 Å². The molecule has 2 rings (SSSR count). The predicted octanol–water partition coefficient (Wildman–Crippen LogP) is 4.44. The number of carbonyl (C=O) groups excluding carboxylic acids is 1. The van der Waals surface area contributed by atoms with E-state index in [1.54, 1.807) is 19.9 Å². The fourth-order valence-electron chi connectivity index (χ4n) is 2.51. The first-order valence-corrected chi connectivity index (χ1v) is 8.47. The lowest BCUT2D eigenvalue weighted by Gasteiger charge is -2.13. The minimum atomic E-state index is -4.50. The van der Waals surface area contributed by atoms with Crippen LogP contribution in [0.3, 0.4) is 0 Å². The first kappa shape index (κ1) is 20.5. The second kappa shape index (κ2) is 8.24. The van der Waals surface area contributed by atoms with Crippen molar-refractivity contribution in [2.75, 3.05) is 5.73 Å². The number of hydrogen-bond donors (Lipinski definition) is 2. The number of amides is 1. The molecule has 0 saturated heterocycles. The number of carbonyl (C=O) groups is 1. The van der Waals surface area contributed by atoms with E-state index in [2.05, 4.69) is 10.3 Å². The molecule has 0 bridgehead atoms. The van der Waals surface area contributed by atoms with Crippen molar-refractivity contribution in [3.8, 4) is 0 Å². The van der Waals surface area contributed by atoms with Crippen LogP contribution < -0.4 is 11.1 Å². The number of nitrogens with zero attached hydrogens (tertiary/aromatic N) is 1. The summed E-state index contributed by atoms with van der Waals surface area (Å²) in [5.74, 6) is -0.563. The predicted molar refractivity (Wildman–Crippen MR) is 99.8 cm³/mol. The summed E-state index contributed by atoms with van der Waals surface area (Å²) in [5.41, 5.74) is 8.11. The van der Waals surface area contributed by atoms with E-state index in [9.17, 15) is 18.0 Å². The lowest BCUT2D eigenvalue weighted by molar-refractivity contribution is -0.141. The van der Waals surface area contributed by atoms with Crippen molar-refractivity contribution in [1.82, 2.24) is 10.3 Å². The maximum absolute atomic E-state index is 12.8. The second-order valence-electron chi connectivity index (χ2n) is 6.57.